The topological polar surface area (TPSA) is 68.6 Å². The number of aromatic nitrogens is 2. The predicted molar refractivity (Wildman–Crippen MR) is 105 cm³/mol. The van der Waals surface area contributed by atoms with E-state index in [9.17, 15) is 4.79 Å². The number of anilines is 1. The van der Waals surface area contributed by atoms with Crippen LogP contribution in [0.25, 0.3) is 10.9 Å². The molecule has 4 rings (SSSR count). The summed E-state index contributed by atoms with van der Waals surface area (Å²) in [5, 5.41) is 6.59. The zero-order chi connectivity index (χ0) is 18.6. The van der Waals surface area contributed by atoms with Crippen molar-refractivity contribution in [2.45, 2.75) is 13.1 Å². The summed E-state index contributed by atoms with van der Waals surface area (Å²) in [5.41, 5.74) is 1.98. The van der Waals surface area contributed by atoms with Crippen LogP contribution in [0.3, 0.4) is 0 Å². The number of ether oxygens (including phenoxy) is 2. The van der Waals surface area contributed by atoms with E-state index >= 15 is 0 Å². The number of hydrogen-bond donors (Lipinski definition) is 1. The zero-order valence-corrected chi connectivity index (χ0v) is 16.0. The van der Waals surface area contributed by atoms with Crippen molar-refractivity contribution < 1.29 is 14.3 Å². The molecule has 1 saturated heterocycles. The Hall–Kier alpha value is -2.42. The second-order valence-corrected chi connectivity index (χ2v) is 7.31. The number of amides is 1. The molecule has 0 radical (unpaired) electrons. The third-order valence-electron chi connectivity index (χ3n) is 4.58. The van der Waals surface area contributed by atoms with Gasteiger partial charge in [0.2, 0.25) is 5.91 Å². The smallest absolute Gasteiger partial charge is 0.246 e. The molecule has 7 nitrogen and oxygen atoms in total. The van der Waals surface area contributed by atoms with E-state index in [2.05, 4.69) is 15.2 Å². The molecule has 142 valence electrons. The van der Waals surface area contributed by atoms with Crippen LogP contribution in [0.4, 0.5) is 5.13 Å². The minimum Gasteiger partial charge on any atom is -0.497 e. The normalized spacial score (nSPS) is 15.1. The van der Waals surface area contributed by atoms with Crippen molar-refractivity contribution in [1.82, 2.24) is 14.5 Å². The number of nitrogens with zero attached hydrogens (tertiary/aromatic N) is 3. The van der Waals surface area contributed by atoms with Crippen LogP contribution in [-0.2, 0) is 22.6 Å². The number of carbonyl (C=O) groups is 1. The lowest BCUT2D eigenvalue weighted by Gasteiger charge is -2.25. The van der Waals surface area contributed by atoms with Crippen molar-refractivity contribution in [3.8, 4) is 5.75 Å². The van der Waals surface area contributed by atoms with Gasteiger partial charge in [-0.3, -0.25) is 9.69 Å². The SMILES string of the molecule is COc1ccc2c(ccn2CC(=O)Nc2nc(CN3CCOCC3)cs2)c1. The van der Waals surface area contributed by atoms with Crippen molar-refractivity contribution in [1.29, 1.82) is 0 Å². The van der Waals surface area contributed by atoms with Crippen molar-refractivity contribution in [3.05, 3.63) is 41.5 Å². The van der Waals surface area contributed by atoms with Crippen molar-refractivity contribution in [2.75, 3.05) is 38.7 Å². The number of benzene rings is 1. The molecule has 0 saturated carbocycles. The van der Waals surface area contributed by atoms with Gasteiger partial charge in [0.05, 0.1) is 26.0 Å². The van der Waals surface area contributed by atoms with Crippen molar-refractivity contribution in [3.63, 3.8) is 0 Å². The lowest BCUT2D eigenvalue weighted by molar-refractivity contribution is -0.116. The lowest BCUT2D eigenvalue weighted by atomic mass is 10.2. The van der Waals surface area contributed by atoms with Crippen LogP contribution in [-0.4, -0.2) is 53.8 Å². The summed E-state index contributed by atoms with van der Waals surface area (Å²) in [6.45, 7) is 4.41. The Morgan fingerprint density at radius 2 is 2.19 bits per heavy atom. The van der Waals surface area contributed by atoms with E-state index in [4.69, 9.17) is 9.47 Å². The molecule has 1 fully saturated rings. The third kappa shape index (κ3) is 4.29. The van der Waals surface area contributed by atoms with Gasteiger partial charge in [-0.25, -0.2) is 4.98 Å². The minimum absolute atomic E-state index is 0.0874. The molecule has 1 amide bonds. The molecule has 0 unspecified atom stereocenters. The van der Waals surface area contributed by atoms with Crippen molar-refractivity contribution in [2.24, 2.45) is 0 Å². The van der Waals surface area contributed by atoms with Crippen molar-refractivity contribution >= 4 is 33.3 Å². The molecule has 1 N–H and O–H groups in total. The van der Waals surface area contributed by atoms with Gasteiger partial charge >= 0.3 is 0 Å². The Bertz CT molecular complexity index is 930. The standard InChI is InChI=1S/C19H22N4O3S/c1-25-16-2-3-17-14(10-16)4-5-23(17)12-18(24)21-19-20-15(13-27-19)11-22-6-8-26-9-7-22/h2-5,10,13H,6-9,11-12H2,1H3,(H,20,21,24). The quantitative estimate of drug-likeness (QED) is 0.705. The highest BCUT2D eigenvalue weighted by Crippen LogP contribution is 2.22. The van der Waals surface area contributed by atoms with Gasteiger partial charge in [0.15, 0.2) is 5.13 Å². The molecule has 0 spiro atoms. The number of morpholine rings is 1. The maximum absolute atomic E-state index is 12.4. The Morgan fingerprint density at radius 3 is 3.00 bits per heavy atom. The first-order chi connectivity index (χ1) is 13.2. The number of hydrogen-bond acceptors (Lipinski definition) is 6. The Balaban J connectivity index is 1.37. The van der Waals surface area contributed by atoms with Gasteiger partial charge in [0.25, 0.3) is 0 Å². The second kappa shape index (κ2) is 8.08. The summed E-state index contributed by atoms with van der Waals surface area (Å²) in [4.78, 5) is 19.3. The fourth-order valence-corrected chi connectivity index (χ4v) is 3.90. The molecule has 27 heavy (non-hydrogen) atoms. The highest BCUT2D eigenvalue weighted by Gasteiger charge is 2.14. The van der Waals surface area contributed by atoms with Crippen LogP contribution >= 0.6 is 11.3 Å². The number of methoxy groups -OCH3 is 1. The Labute approximate surface area is 161 Å². The highest BCUT2D eigenvalue weighted by atomic mass is 32.1. The monoisotopic (exact) mass is 386 g/mol. The van der Waals surface area contributed by atoms with Crippen LogP contribution in [0.2, 0.25) is 0 Å². The number of thiazole rings is 1. The average Bonchev–Trinajstić information content (AvgIpc) is 3.29. The highest BCUT2D eigenvalue weighted by molar-refractivity contribution is 7.13. The molecule has 3 aromatic rings. The van der Waals surface area contributed by atoms with Gasteiger partial charge in [-0.2, -0.15) is 0 Å². The van der Waals surface area contributed by atoms with Gasteiger partial charge in [0.1, 0.15) is 12.3 Å². The molecule has 1 aliphatic heterocycles. The molecule has 0 bridgehead atoms. The van der Waals surface area contributed by atoms with E-state index in [0.29, 0.717) is 5.13 Å². The summed E-state index contributed by atoms with van der Waals surface area (Å²) >= 11 is 1.46. The first-order valence-corrected chi connectivity index (χ1v) is 9.76. The number of nitrogens with one attached hydrogen (secondary N) is 1. The predicted octanol–water partition coefficient (Wildman–Crippen LogP) is 2.58. The number of rotatable bonds is 6. The second-order valence-electron chi connectivity index (χ2n) is 6.45. The molecule has 3 heterocycles. The maximum Gasteiger partial charge on any atom is 0.246 e. The van der Waals surface area contributed by atoms with E-state index in [0.717, 1.165) is 55.2 Å². The minimum atomic E-state index is -0.0874. The van der Waals surface area contributed by atoms with E-state index < -0.39 is 0 Å². The molecule has 2 aromatic heterocycles. The molecular weight excluding hydrogens is 364 g/mol. The lowest BCUT2D eigenvalue weighted by Crippen LogP contribution is -2.35. The Morgan fingerprint density at radius 1 is 1.33 bits per heavy atom. The van der Waals surface area contributed by atoms with Gasteiger partial charge < -0.3 is 19.4 Å². The number of carbonyl (C=O) groups excluding carboxylic acids is 1. The first-order valence-electron chi connectivity index (χ1n) is 8.88. The van der Waals surface area contributed by atoms with Crippen LogP contribution in [0.1, 0.15) is 5.69 Å². The fraction of sp³-hybridized carbons (Fsp3) is 0.368. The molecule has 1 aromatic carbocycles. The summed E-state index contributed by atoms with van der Waals surface area (Å²) < 4.78 is 12.5. The van der Waals surface area contributed by atoms with Gasteiger partial charge in [-0.15, -0.1) is 11.3 Å². The van der Waals surface area contributed by atoms with Gasteiger partial charge in [-0.1, -0.05) is 0 Å². The first kappa shape index (κ1) is 18.0. The molecule has 8 heteroatoms. The largest absolute Gasteiger partial charge is 0.497 e. The number of fused-ring (bicyclic) bond motifs is 1. The maximum atomic E-state index is 12.4. The van der Waals surface area contributed by atoms with Crippen LogP contribution in [0.5, 0.6) is 5.75 Å². The van der Waals surface area contributed by atoms with Gasteiger partial charge in [-0.05, 0) is 24.3 Å². The molecular formula is C19H22N4O3S. The van der Waals surface area contributed by atoms with E-state index in [1.165, 1.54) is 11.3 Å². The Kier molecular flexibility index (Phi) is 5.38. The van der Waals surface area contributed by atoms with E-state index in [1.807, 2.05) is 40.4 Å². The zero-order valence-electron chi connectivity index (χ0n) is 15.2. The molecule has 0 atom stereocenters. The van der Waals surface area contributed by atoms with Crippen LogP contribution in [0.15, 0.2) is 35.8 Å². The average molecular weight is 386 g/mol. The van der Waals surface area contributed by atoms with Crippen LogP contribution in [0, 0.1) is 0 Å². The molecule has 0 aliphatic carbocycles. The summed E-state index contributed by atoms with van der Waals surface area (Å²) in [6, 6.07) is 7.80. The fourth-order valence-electron chi connectivity index (χ4n) is 3.18. The van der Waals surface area contributed by atoms with Crippen LogP contribution < -0.4 is 10.1 Å². The van der Waals surface area contributed by atoms with E-state index in [1.54, 1.807) is 7.11 Å². The molecule has 1 aliphatic rings. The summed E-state index contributed by atoms with van der Waals surface area (Å²) in [6.07, 6.45) is 1.91. The summed E-state index contributed by atoms with van der Waals surface area (Å²) in [7, 11) is 1.65. The third-order valence-corrected chi connectivity index (χ3v) is 5.39. The van der Waals surface area contributed by atoms with Gasteiger partial charge in [0, 0.05) is 42.1 Å². The summed E-state index contributed by atoms with van der Waals surface area (Å²) in [5.74, 6) is 0.718. The van der Waals surface area contributed by atoms with E-state index in [-0.39, 0.29) is 12.5 Å².